The molecule has 8 heteroatoms. The number of rotatable bonds is 8. The van der Waals surface area contributed by atoms with Gasteiger partial charge >= 0.3 is 12.2 Å². The van der Waals surface area contributed by atoms with Gasteiger partial charge in [-0.3, -0.25) is 0 Å². The van der Waals surface area contributed by atoms with Gasteiger partial charge in [-0.2, -0.15) is 18.2 Å². The van der Waals surface area contributed by atoms with Crippen molar-refractivity contribution in [1.82, 2.24) is 9.97 Å². The zero-order valence-electron chi connectivity index (χ0n) is 15.9. The van der Waals surface area contributed by atoms with Crippen molar-refractivity contribution in [3.8, 4) is 11.8 Å². The van der Waals surface area contributed by atoms with E-state index in [0.717, 1.165) is 19.0 Å². The van der Waals surface area contributed by atoms with Crippen LogP contribution >= 0.6 is 0 Å². The zero-order chi connectivity index (χ0) is 20.0. The van der Waals surface area contributed by atoms with Gasteiger partial charge < -0.3 is 14.4 Å². The molecular weight excluding hydrogens is 359 g/mol. The summed E-state index contributed by atoms with van der Waals surface area (Å²) < 4.78 is 51.6. The van der Waals surface area contributed by atoms with Crippen molar-refractivity contribution in [2.75, 3.05) is 18.6 Å². The Labute approximate surface area is 157 Å². The third kappa shape index (κ3) is 5.48. The maximum Gasteiger partial charge on any atom is 0.421 e. The van der Waals surface area contributed by atoms with Crippen LogP contribution in [0.25, 0.3) is 0 Å². The number of hydrogen-bond acceptors (Lipinski definition) is 5. The van der Waals surface area contributed by atoms with Crippen LogP contribution in [0, 0.1) is 0 Å². The molecule has 0 N–H and O–H groups in total. The smallest absolute Gasteiger partial charge is 0.421 e. The van der Waals surface area contributed by atoms with E-state index in [1.165, 1.54) is 11.9 Å². The molecule has 0 radical (unpaired) electrons. The maximum atomic E-state index is 13.5. The van der Waals surface area contributed by atoms with E-state index >= 15 is 0 Å². The molecule has 0 aliphatic carbocycles. The van der Waals surface area contributed by atoms with Gasteiger partial charge in [-0.05, 0) is 32.4 Å². The minimum Gasteiger partial charge on any atom is -0.491 e. The van der Waals surface area contributed by atoms with Crippen molar-refractivity contribution >= 4 is 11.5 Å². The van der Waals surface area contributed by atoms with E-state index in [9.17, 15) is 13.2 Å². The summed E-state index contributed by atoms with van der Waals surface area (Å²) in [6.07, 6.45) is -2.30. The summed E-state index contributed by atoms with van der Waals surface area (Å²) in [6, 6.07) is 6.81. The fourth-order valence-corrected chi connectivity index (χ4v) is 2.38. The summed E-state index contributed by atoms with van der Waals surface area (Å²) in [4.78, 5) is 9.05. The maximum absolute atomic E-state index is 13.5. The van der Waals surface area contributed by atoms with Gasteiger partial charge in [-0.25, -0.2) is 4.98 Å². The summed E-state index contributed by atoms with van der Waals surface area (Å²) in [5, 5.41) is 0. The predicted molar refractivity (Wildman–Crippen MR) is 97.7 cm³/mol. The molecule has 0 fully saturated rings. The minimum atomic E-state index is -4.60. The van der Waals surface area contributed by atoms with Crippen LogP contribution in [0.5, 0.6) is 11.8 Å². The van der Waals surface area contributed by atoms with Gasteiger partial charge in [-0.15, -0.1) is 0 Å². The van der Waals surface area contributed by atoms with E-state index in [4.69, 9.17) is 9.47 Å². The molecule has 1 aromatic carbocycles. The molecule has 0 aliphatic rings. The minimum absolute atomic E-state index is 0.107. The number of anilines is 2. The topological polar surface area (TPSA) is 47.5 Å². The molecule has 0 amide bonds. The van der Waals surface area contributed by atoms with Crippen LogP contribution in [0.4, 0.5) is 24.7 Å². The first kappa shape index (κ1) is 20.8. The fourth-order valence-electron chi connectivity index (χ4n) is 2.38. The molecule has 0 bridgehead atoms. The van der Waals surface area contributed by atoms with Gasteiger partial charge in [-0.1, -0.05) is 25.5 Å². The molecule has 0 aliphatic heterocycles. The second-order valence-electron chi connectivity index (χ2n) is 6.28. The second-order valence-corrected chi connectivity index (χ2v) is 6.28. The monoisotopic (exact) mass is 383 g/mol. The Kier molecular flexibility index (Phi) is 6.87. The molecule has 148 valence electrons. The molecule has 2 aromatic rings. The number of unbranched alkanes of at least 4 members (excludes halogenated alkanes) is 1. The van der Waals surface area contributed by atoms with E-state index in [1.807, 2.05) is 6.92 Å². The third-order valence-corrected chi connectivity index (χ3v) is 3.69. The molecule has 2 rings (SSSR count). The Bertz CT molecular complexity index is 751. The Morgan fingerprint density at radius 2 is 1.89 bits per heavy atom. The average Bonchev–Trinajstić information content (AvgIpc) is 2.60. The van der Waals surface area contributed by atoms with Gasteiger partial charge in [0, 0.05) is 13.2 Å². The number of halogens is 3. The molecule has 1 heterocycles. The van der Waals surface area contributed by atoms with Crippen molar-refractivity contribution in [2.24, 2.45) is 0 Å². The van der Waals surface area contributed by atoms with Crippen LogP contribution in [0.3, 0.4) is 0 Å². The number of para-hydroxylation sites is 2. The summed E-state index contributed by atoms with van der Waals surface area (Å²) >= 11 is 0. The standard InChI is InChI=1S/C19H24F3N3O2/c1-5-6-11-26-16-10-8-7-9-15(16)25(4)17-14(19(20,21)22)12-23-18(24-17)27-13(2)3/h7-10,12-13H,5-6,11H2,1-4H3. The molecule has 27 heavy (non-hydrogen) atoms. The molecule has 0 atom stereocenters. The first-order chi connectivity index (χ1) is 12.7. The lowest BCUT2D eigenvalue weighted by molar-refractivity contribution is -0.137. The SMILES string of the molecule is CCCCOc1ccccc1N(C)c1nc(OC(C)C)ncc1C(F)(F)F. The highest BCUT2D eigenvalue weighted by atomic mass is 19.4. The van der Waals surface area contributed by atoms with Crippen LogP contribution in [0.2, 0.25) is 0 Å². The molecule has 1 aromatic heterocycles. The van der Waals surface area contributed by atoms with E-state index in [2.05, 4.69) is 9.97 Å². The summed E-state index contributed by atoms with van der Waals surface area (Å²) in [5.74, 6) is 0.200. The normalized spacial score (nSPS) is 11.6. The summed E-state index contributed by atoms with van der Waals surface area (Å²) in [5.41, 5.74) is -0.460. The molecule has 0 unspecified atom stereocenters. The lowest BCUT2D eigenvalue weighted by Gasteiger charge is -2.24. The summed E-state index contributed by atoms with van der Waals surface area (Å²) in [6.45, 7) is 6.02. The molecule has 0 saturated carbocycles. The highest BCUT2D eigenvalue weighted by molar-refractivity contribution is 5.68. The lowest BCUT2D eigenvalue weighted by Crippen LogP contribution is -2.20. The van der Waals surface area contributed by atoms with E-state index in [0.29, 0.717) is 18.0 Å². The van der Waals surface area contributed by atoms with E-state index in [-0.39, 0.29) is 17.9 Å². The van der Waals surface area contributed by atoms with Crippen LogP contribution in [-0.2, 0) is 6.18 Å². The molecular formula is C19H24F3N3O2. The first-order valence-electron chi connectivity index (χ1n) is 8.80. The number of nitrogens with zero attached hydrogens (tertiary/aromatic N) is 3. The highest BCUT2D eigenvalue weighted by Gasteiger charge is 2.37. The number of hydrogen-bond donors (Lipinski definition) is 0. The second kappa shape index (κ2) is 8.92. The van der Waals surface area contributed by atoms with Crippen LogP contribution in [0.1, 0.15) is 39.2 Å². The molecule has 0 saturated heterocycles. The van der Waals surface area contributed by atoms with Crippen molar-refractivity contribution in [3.05, 3.63) is 36.0 Å². The average molecular weight is 383 g/mol. The Morgan fingerprint density at radius 1 is 1.19 bits per heavy atom. The molecule has 0 spiro atoms. The van der Waals surface area contributed by atoms with Crippen LogP contribution in [0.15, 0.2) is 30.5 Å². The number of aromatic nitrogens is 2. The Hall–Kier alpha value is -2.51. The van der Waals surface area contributed by atoms with Crippen LogP contribution < -0.4 is 14.4 Å². The van der Waals surface area contributed by atoms with Crippen molar-refractivity contribution in [3.63, 3.8) is 0 Å². The number of ether oxygens (including phenoxy) is 2. The Balaban J connectivity index is 2.46. The zero-order valence-corrected chi connectivity index (χ0v) is 15.9. The predicted octanol–water partition coefficient (Wildman–Crippen LogP) is 5.23. The molecule has 5 nitrogen and oxygen atoms in total. The van der Waals surface area contributed by atoms with Gasteiger partial charge in [0.05, 0.1) is 18.4 Å². The highest BCUT2D eigenvalue weighted by Crippen LogP contribution is 2.40. The van der Waals surface area contributed by atoms with Crippen molar-refractivity contribution < 1.29 is 22.6 Å². The van der Waals surface area contributed by atoms with E-state index in [1.54, 1.807) is 38.1 Å². The van der Waals surface area contributed by atoms with Gasteiger partial charge in [0.15, 0.2) is 5.82 Å². The number of alkyl halides is 3. The van der Waals surface area contributed by atoms with E-state index < -0.39 is 11.7 Å². The Morgan fingerprint density at radius 3 is 2.52 bits per heavy atom. The van der Waals surface area contributed by atoms with Crippen molar-refractivity contribution in [1.29, 1.82) is 0 Å². The van der Waals surface area contributed by atoms with Crippen molar-refractivity contribution in [2.45, 2.75) is 45.9 Å². The van der Waals surface area contributed by atoms with Gasteiger partial charge in [0.25, 0.3) is 0 Å². The largest absolute Gasteiger partial charge is 0.491 e. The van der Waals surface area contributed by atoms with Gasteiger partial charge in [0.2, 0.25) is 0 Å². The summed E-state index contributed by atoms with van der Waals surface area (Å²) in [7, 11) is 1.51. The first-order valence-corrected chi connectivity index (χ1v) is 8.80. The fraction of sp³-hybridized carbons (Fsp3) is 0.474. The third-order valence-electron chi connectivity index (χ3n) is 3.69. The van der Waals surface area contributed by atoms with Gasteiger partial charge in [0.1, 0.15) is 11.3 Å². The van der Waals surface area contributed by atoms with Crippen LogP contribution in [-0.4, -0.2) is 29.7 Å². The number of benzene rings is 1. The lowest BCUT2D eigenvalue weighted by atomic mass is 10.2. The quantitative estimate of drug-likeness (QED) is 0.584.